The number of carbonyl (C=O) groups excluding carboxylic acids is 2. The highest BCUT2D eigenvalue weighted by Crippen LogP contribution is 2.21. The van der Waals surface area contributed by atoms with Gasteiger partial charge in [-0.25, -0.2) is 0 Å². The number of halogens is 1. The van der Waals surface area contributed by atoms with E-state index in [1.807, 2.05) is 58.0 Å². The van der Waals surface area contributed by atoms with Crippen molar-refractivity contribution >= 4 is 23.4 Å². The summed E-state index contributed by atoms with van der Waals surface area (Å²) in [5.41, 5.74) is 2.98. The van der Waals surface area contributed by atoms with Gasteiger partial charge in [0.1, 0.15) is 11.8 Å². The second kappa shape index (κ2) is 10.3. The van der Waals surface area contributed by atoms with E-state index in [1.165, 1.54) is 4.90 Å². The Balaban J connectivity index is 2.17. The molecule has 1 N–H and O–H groups in total. The molecule has 2 aromatic rings. The van der Waals surface area contributed by atoms with Crippen LogP contribution in [0.4, 0.5) is 0 Å². The van der Waals surface area contributed by atoms with Gasteiger partial charge in [-0.1, -0.05) is 35.9 Å². The van der Waals surface area contributed by atoms with Gasteiger partial charge >= 0.3 is 0 Å². The Morgan fingerprint density at radius 2 is 1.72 bits per heavy atom. The standard InChI is InChI=1S/C23H29ClN2O3/c1-15(2)25-23(28)18(5)26(13-19-9-11-20(24)12-10-19)22(27)14-29-21-8-6-7-16(3)17(21)4/h6-12,15,18H,13-14H2,1-5H3,(H,25,28). The third-order valence-electron chi connectivity index (χ3n) is 4.77. The van der Waals surface area contributed by atoms with E-state index in [4.69, 9.17) is 16.3 Å². The fraction of sp³-hybridized carbons (Fsp3) is 0.391. The maximum Gasteiger partial charge on any atom is 0.261 e. The molecule has 2 aromatic carbocycles. The van der Waals surface area contributed by atoms with Gasteiger partial charge in [0.25, 0.3) is 5.91 Å². The summed E-state index contributed by atoms with van der Waals surface area (Å²) in [4.78, 5) is 27.1. The molecule has 0 aliphatic heterocycles. The van der Waals surface area contributed by atoms with Crippen molar-refractivity contribution in [1.29, 1.82) is 0 Å². The third-order valence-corrected chi connectivity index (χ3v) is 5.02. The van der Waals surface area contributed by atoms with Crippen LogP contribution < -0.4 is 10.1 Å². The summed E-state index contributed by atoms with van der Waals surface area (Å²) >= 11 is 5.96. The number of ether oxygens (including phenoxy) is 1. The van der Waals surface area contributed by atoms with E-state index in [1.54, 1.807) is 19.1 Å². The molecular weight excluding hydrogens is 388 g/mol. The minimum Gasteiger partial charge on any atom is -0.483 e. The van der Waals surface area contributed by atoms with Gasteiger partial charge in [0.05, 0.1) is 0 Å². The van der Waals surface area contributed by atoms with Gasteiger partial charge in [-0.2, -0.15) is 0 Å². The lowest BCUT2D eigenvalue weighted by Gasteiger charge is -2.29. The summed E-state index contributed by atoms with van der Waals surface area (Å²) < 4.78 is 5.78. The molecular formula is C23H29ClN2O3. The second-order valence-corrected chi connectivity index (χ2v) is 7.91. The van der Waals surface area contributed by atoms with E-state index >= 15 is 0 Å². The van der Waals surface area contributed by atoms with Gasteiger partial charge in [0, 0.05) is 17.6 Å². The number of hydrogen-bond acceptors (Lipinski definition) is 3. The lowest BCUT2D eigenvalue weighted by atomic mass is 10.1. The van der Waals surface area contributed by atoms with Crippen LogP contribution in [0.25, 0.3) is 0 Å². The first-order valence-electron chi connectivity index (χ1n) is 9.72. The number of hydrogen-bond donors (Lipinski definition) is 1. The number of nitrogens with one attached hydrogen (secondary N) is 1. The first-order valence-corrected chi connectivity index (χ1v) is 10.1. The molecule has 6 heteroatoms. The highest BCUT2D eigenvalue weighted by atomic mass is 35.5. The van der Waals surface area contributed by atoms with Crippen molar-refractivity contribution in [2.75, 3.05) is 6.61 Å². The number of aryl methyl sites for hydroxylation is 1. The molecule has 0 bridgehead atoms. The summed E-state index contributed by atoms with van der Waals surface area (Å²) in [5, 5.41) is 3.49. The molecule has 2 rings (SSSR count). The quantitative estimate of drug-likeness (QED) is 0.698. The lowest BCUT2D eigenvalue weighted by molar-refractivity contribution is -0.142. The monoisotopic (exact) mass is 416 g/mol. The van der Waals surface area contributed by atoms with E-state index in [9.17, 15) is 9.59 Å². The molecule has 0 radical (unpaired) electrons. The molecule has 0 spiro atoms. The maximum atomic E-state index is 13.0. The van der Waals surface area contributed by atoms with Crippen molar-refractivity contribution < 1.29 is 14.3 Å². The van der Waals surface area contributed by atoms with Crippen molar-refractivity contribution in [3.8, 4) is 5.75 Å². The number of amides is 2. The fourth-order valence-corrected chi connectivity index (χ4v) is 3.00. The van der Waals surface area contributed by atoms with Crippen LogP contribution in [0.15, 0.2) is 42.5 Å². The molecule has 0 aromatic heterocycles. The van der Waals surface area contributed by atoms with Gasteiger partial charge in [-0.15, -0.1) is 0 Å². The molecule has 5 nitrogen and oxygen atoms in total. The van der Waals surface area contributed by atoms with Crippen LogP contribution >= 0.6 is 11.6 Å². The van der Waals surface area contributed by atoms with Crippen LogP contribution in [-0.2, 0) is 16.1 Å². The molecule has 0 saturated carbocycles. The summed E-state index contributed by atoms with van der Waals surface area (Å²) in [7, 11) is 0. The number of benzene rings is 2. The average Bonchev–Trinajstić information content (AvgIpc) is 2.67. The van der Waals surface area contributed by atoms with Gasteiger partial charge in [0.2, 0.25) is 5.91 Å². The van der Waals surface area contributed by atoms with E-state index < -0.39 is 6.04 Å². The van der Waals surface area contributed by atoms with E-state index in [-0.39, 0.29) is 24.5 Å². The summed E-state index contributed by atoms with van der Waals surface area (Å²) in [6.45, 7) is 9.60. The molecule has 0 fully saturated rings. The molecule has 2 amide bonds. The van der Waals surface area contributed by atoms with Crippen LogP contribution in [0.2, 0.25) is 5.02 Å². The second-order valence-electron chi connectivity index (χ2n) is 7.47. The number of rotatable bonds is 8. The number of nitrogens with zero attached hydrogens (tertiary/aromatic N) is 1. The zero-order valence-electron chi connectivity index (χ0n) is 17.7. The predicted molar refractivity (Wildman–Crippen MR) is 116 cm³/mol. The smallest absolute Gasteiger partial charge is 0.261 e. The topological polar surface area (TPSA) is 58.6 Å². The van der Waals surface area contributed by atoms with Crippen LogP contribution in [0.1, 0.15) is 37.5 Å². The molecule has 1 unspecified atom stereocenters. The summed E-state index contributed by atoms with van der Waals surface area (Å²) in [5.74, 6) is 0.213. The first kappa shape index (κ1) is 22.8. The Kier molecular flexibility index (Phi) is 8.09. The average molecular weight is 417 g/mol. The SMILES string of the molecule is Cc1cccc(OCC(=O)N(Cc2ccc(Cl)cc2)C(C)C(=O)NC(C)C)c1C. The van der Waals surface area contributed by atoms with Crippen LogP contribution in [0.3, 0.4) is 0 Å². The molecule has 1 atom stereocenters. The fourth-order valence-electron chi connectivity index (χ4n) is 2.88. The van der Waals surface area contributed by atoms with Crippen molar-refractivity contribution in [3.63, 3.8) is 0 Å². The van der Waals surface area contributed by atoms with Crippen molar-refractivity contribution in [2.45, 2.75) is 53.2 Å². The molecule has 0 heterocycles. The Labute approximate surface area is 178 Å². The number of carbonyl (C=O) groups is 2. The minimum atomic E-state index is -0.636. The van der Waals surface area contributed by atoms with Crippen molar-refractivity contribution in [2.24, 2.45) is 0 Å². The third kappa shape index (κ3) is 6.50. The predicted octanol–water partition coefficient (Wildman–Crippen LogP) is 4.28. The highest BCUT2D eigenvalue weighted by molar-refractivity contribution is 6.30. The first-order chi connectivity index (χ1) is 13.7. The van der Waals surface area contributed by atoms with Crippen molar-refractivity contribution in [1.82, 2.24) is 10.2 Å². The van der Waals surface area contributed by atoms with Crippen LogP contribution in [0, 0.1) is 13.8 Å². The molecule has 0 aliphatic carbocycles. The Morgan fingerprint density at radius 3 is 2.34 bits per heavy atom. The largest absolute Gasteiger partial charge is 0.483 e. The lowest BCUT2D eigenvalue weighted by Crippen LogP contribution is -2.50. The van der Waals surface area contributed by atoms with E-state index in [0.29, 0.717) is 17.3 Å². The normalized spacial score (nSPS) is 11.8. The van der Waals surface area contributed by atoms with Gasteiger partial charge in [-0.3, -0.25) is 9.59 Å². The summed E-state index contributed by atoms with van der Waals surface area (Å²) in [6.07, 6.45) is 0. The molecule has 156 valence electrons. The minimum absolute atomic E-state index is 0.0105. The van der Waals surface area contributed by atoms with Gasteiger partial charge in [0.15, 0.2) is 6.61 Å². The maximum absolute atomic E-state index is 13.0. The Morgan fingerprint density at radius 1 is 1.07 bits per heavy atom. The van der Waals surface area contributed by atoms with E-state index in [2.05, 4.69) is 5.32 Å². The Bertz CT molecular complexity index is 850. The van der Waals surface area contributed by atoms with E-state index in [0.717, 1.165) is 16.7 Å². The Hall–Kier alpha value is -2.53. The van der Waals surface area contributed by atoms with Gasteiger partial charge < -0.3 is 15.0 Å². The molecule has 0 aliphatic rings. The molecule has 29 heavy (non-hydrogen) atoms. The van der Waals surface area contributed by atoms with Crippen LogP contribution in [-0.4, -0.2) is 35.4 Å². The van der Waals surface area contributed by atoms with Crippen LogP contribution in [0.5, 0.6) is 5.75 Å². The zero-order valence-corrected chi connectivity index (χ0v) is 18.4. The highest BCUT2D eigenvalue weighted by Gasteiger charge is 2.27. The zero-order chi connectivity index (χ0) is 21.6. The van der Waals surface area contributed by atoms with Gasteiger partial charge in [-0.05, 0) is 69.5 Å². The molecule has 0 saturated heterocycles. The van der Waals surface area contributed by atoms with Crippen molar-refractivity contribution in [3.05, 3.63) is 64.2 Å². The summed E-state index contributed by atoms with van der Waals surface area (Å²) in [6, 6.07) is 12.3.